The molecule has 2 heterocycles. The number of benzene rings is 1. The molecule has 0 atom stereocenters. The summed E-state index contributed by atoms with van der Waals surface area (Å²) >= 11 is 0. The van der Waals surface area contributed by atoms with E-state index in [1.807, 2.05) is 13.8 Å². The van der Waals surface area contributed by atoms with Gasteiger partial charge in [0.25, 0.3) is 0 Å². The zero-order chi connectivity index (χ0) is 18.1. The second kappa shape index (κ2) is 6.34. The van der Waals surface area contributed by atoms with Crippen molar-refractivity contribution in [1.82, 2.24) is 19.8 Å². The van der Waals surface area contributed by atoms with E-state index < -0.39 is 28.7 Å². The minimum absolute atomic E-state index is 0.00502. The fourth-order valence-electron chi connectivity index (χ4n) is 2.31. The van der Waals surface area contributed by atoms with Crippen molar-refractivity contribution in [3.05, 3.63) is 59.0 Å². The summed E-state index contributed by atoms with van der Waals surface area (Å²) in [5.74, 6) is -2.24. The van der Waals surface area contributed by atoms with Crippen molar-refractivity contribution in [3.63, 3.8) is 0 Å². The van der Waals surface area contributed by atoms with Gasteiger partial charge in [-0.3, -0.25) is 4.79 Å². The number of fused-ring (bicyclic) bond motifs is 1. The first-order valence-electron chi connectivity index (χ1n) is 7.37. The highest BCUT2D eigenvalue weighted by Crippen LogP contribution is 2.16. The van der Waals surface area contributed by atoms with Crippen LogP contribution in [0.4, 0.5) is 8.78 Å². The number of aromatic nitrogens is 4. The van der Waals surface area contributed by atoms with Gasteiger partial charge in [0.2, 0.25) is 5.78 Å². The molecule has 3 rings (SSSR count). The van der Waals surface area contributed by atoms with Crippen molar-refractivity contribution in [2.75, 3.05) is 0 Å². The Kier molecular flexibility index (Phi) is 4.22. The summed E-state index contributed by atoms with van der Waals surface area (Å²) in [6, 6.07) is 5.45. The zero-order valence-electron chi connectivity index (χ0n) is 13.3. The second-order valence-electron chi connectivity index (χ2n) is 5.60. The SMILES string of the molecule is CC(C)c1nnc2ccc(C(=NO)C(=O)c3ccc(F)cc3F)nn12. The Morgan fingerprint density at radius 1 is 1.20 bits per heavy atom. The van der Waals surface area contributed by atoms with Gasteiger partial charge in [0.05, 0.1) is 5.56 Å². The molecule has 9 heteroatoms. The van der Waals surface area contributed by atoms with Gasteiger partial charge < -0.3 is 5.21 Å². The van der Waals surface area contributed by atoms with Crippen molar-refractivity contribution in [2.24, 2.45) is 5.16 Å². The summed E-state index contributed by atoms with van der Waals surface area (Å²) in [6.45, 7) is 3.79. The predicted octanol–water partition coefficient (Wildman–Crippen LogP) is 2.59. The molecule has 0 saturated heterocycles. The van der Waals surface area contributed by atoms with Crippen LogP contribution in [0.3, 0.4) is 0 Å². The maximum atomic E-state index is 13.8. The fraction of sp³-hybridized carbons (Fsp3) is 0.188. The third-order valence-electron chi connectivity index (χ3n) is 3.54. The Balaban J connectivity index is 2.08. The molecule has 0 bridgehead atoms. The smallest absolute Gasteiger partial charge is 0.220 e. The fourth-order valence-corrected chi connectivity index (χ4v) is 2.31. The molecule has 0 amide bonds. The van der Waals surface area contributed by atoms with Gasteiger partial charge in [-0.25, -0.2) is 8.78 Å². The van der Waals surface area contributed by atoms with Crippen molar-refractivity contribution in [2.45, 2.75) is 19.8 Å². The van der Waals surface area contributed by atoms with E-state index in [1.54, 1.807) is 6.07 Å². The monoisotopic (exact) mass is 345 g/mol. The molecule has 0 radical (unpaired) electrons. The van der Waals surface area contributed by atoms with Gasteiger partial charge in [-0.05, 0) is 24.3 Å². The lowest BCUT2D eigenvalue weighted by molar-refractivity contribution is 0.105. The van der Waals surface area contributed by atoms with Crippen LogP contribution in [0.15, 0.2) is 35.5 Å². The van der Waals surface area contributed by atoms with E-state index in [1.165, 1.54) is 10.6 Å². The topological polar surface area (TPSA) is 92.7 Å². The molecule has 3 aromatic rings. The minimum atomic E-state index is -1.06. The number of hydrogen-bond donors (Lipinski definition) is 1. The number of halogens is 2. The summed E-state index contributed by atoms with van der Waals surface area (Å²) in [5.41, 5.74) is -0.449. The lowest BCUT2D eigenvalue weighted by Crippen LogP contribution is -2.20. The van der Waals surface area contributed by atoms with Gasteiger partial charge in [-0.1, -0.05) is 19.0 Å². The van der Waals surface area contributed by atoms with E-state index in [4.69, 9.17) is 0 Å². The molecule has 0 saturated carbocycles. The quantitative estimate of drug-likeness (QED) is 0.339. The van der Waals surface area contributed by atoms with Crippen molar-refractivity contribution < 1.29 is 18.8 Å². The average Bonchev–Trinajstić information content (AvgIpc) is 2.99. The number of hydrogen-bond acceptors (Lipinski definition) is 6. The normalized spacial score (nSPS) is 12.1. The van der Waals surface area contributed by atoms with E-state index in [9.17, 15) is 18.8 Å². The first-order valence-corrected chi connectivity index (χ1v) is 7.37. The summed E-state index contributed by atoms with van der Waals surface area (Å²) in [6.07, 6.45) is 0. The lowest BCUT2D eigenvalue weighted by Gasteiger charge is -2.06. The highest BCUT2D eigenvalue weighted by Gasteiger charge is 2.23. The molecule has 0 unspecified atom stereocenters. The van der Waals surface area contributed by atoms with Crippen LogP contribution in [0.5, 0.6) is 0 Å². The Bertz CT molecular complexity index is 997. The molecule has 7 nitrogen and oxygen atoms in total. The molecule has 0 fully saturated rings. The largest absolute Gasteiger partial charge is 0.410 e. The summed E-state index contributed by atoms with van der Waals surface area (Å²) in [7, 11) is 0. The number of rotatable bonds is 4. The van der Waals surface area contributed by atoms with Crippen LogP contribution in [-0.2, 0) is 0 Å². The molecule has 0 aliphatic carbocycles. The van der Waals surface area contributed by atoms with Crippen molar-refractivity contribution in [3.8, 4) is 0 Å². The summed E-state index contributed by atoms with van der Waals surface area (Å²) in [4.78, 5) is 12.5. The van der Waals surface area contributed by atoms with Crippen LogP contribution < -0.4 is 0 Å². The van der Waals surface area contributed by atoms with E-state index in [2.05, 4.69) is 20.5 Å². The molecular formula is C16H13F2N5O2. The van der Waals surface area contributed by atoms with Gasteiger partial charge in [-0.2, -0.15) is 9.61 Å². The maximum Gasteiger partial charge on any atom is 0.220 e. The molecule has 0 aliphatic heterocycles. The van der Waals surface area contributed by atoms with Gasteiger partial charge in [0.1, 0.15) is 17.3 Å². The Hall–Kier alpha value is -3.23. The number of carbonyl (C=O) groups is 1. The lowest BCUT2D eigenvalue weighted by atomic mass is 10.0. The molecule has 1 aromatic carbocycles. The molecule has 128 valence electrons. The molecule has 1 N–H and O–H groups in total. The Morgan fingerprint density at radius 2 is 1.96 bits per heavy atom. The van der Waals surface area contributed by atoms with E-state index in [0.29, 0.717) is 17.5 Å². The predicted molar refractivity (Wildman–Crippen MR) is 83.9 cm³/mol. The molecule has 0 spiro atoms. The zero-order valence-corrected chi connectivity index (χ0v) is 13.3. The highest BCUT2D eigenvalue weighted by molar-refractivity contribution is 6.50. The van der Waals surface area contributed by atoms with Crippen LogP contribution in [0, 0.1) is 11.6 Å². The van der Waals surface area contributed by atoms with Gasteiger partial charge in [0.15, 0.2) is 17.2 Å². The van der Waals surface area contributed by atoms with E-state index in [-0.39, 0.29) is 11.6 Å². The Morgan fingerprint density at radius 3 is 2.60 bits per heavy atom. The van der Waals surface area contributed by atoms with Crippen LogP contribution in [0.1, 0.15) is 41.6 Å². The number of oxime groups is 1. The van der Waals surface area contributed by atoms with Crippen LogP contribution >= 0.6 is 0 Å². The molecule has 25 heavy (non-hydrogen) atoms. The van der Waals surface area contributed by atoms with Crippen LogP contribution in [0.2, 0.25) is 0 Å². The van der Waals surface area contributed by atoms with E-state index in [0.717, 1.165) is 12.1 Å². The van der Waals surface area contributed by atoms with Gasteiger partial charge in [-0.15, -0.1) is 10.2 Å². The standard InChI is InChI=1S/C16H13F2N5O2/c1-8(2)16-20-19-13-6-5-12(21-23(13)16)14(22-25)15(24)10-4-3-9(17)7-11(10)18/h3-8,25H,1-2H3. The summed E-state index contributed by atoms with van der Waals surface area (Å²) in [5, 5.41) is 24.4. The van der Waals surface area contributed by atoms with Gasteiger partial charge in [0, 0.05) is 12.0 Å². The average molecular weight is 345 g/mol. The number of carbonyl (C=O) groups excluding carboxylic acids is 1. The van der Waals surface area contributed by atoms with E-state index >= 15 is 0 Å². The van der Waals surface area contributed by atoms with Crippen molar-refractivity contribution >= 4 is 17.1 Å². The second-order valence-corrected chi connectivity index (χ2v) is 5.60. The minimum Gasteiger partial charge on any atom is -0.410 e. The highest BCUT2D eigenvalue weighted by atomic mass is 19.1. The maximum absolute atomic E-state index is 13.8. The van der Waals surface area contributed by atoms with Crippen molar-refractivity contribution in [1.29, 1.82) is 0 Å². The number of nitrogens with zero attached hydrogens (tertiary/aromatic N) is 5. The van der Waals surface area contributed by atoms with Crippen LogP contribution in [-0.4, -0.2) is 36.5 Å². The molecule has 2 aromatic heterocycles. The third-order valence-corrected chi connectivity index (χ3v) is 3.54. The van der Waals surface area contributed by atoms with Crippen LogP contribution in [0.25, 0.3) is 5.65 Å². The first-order chi connectivity index (χ1) is 11.9. The Labute approximate surface area is 140 Å². The van der Waals surface area contributed by atoms with Gasteiger partial charge >= 0.3 is 0 Å². The third kappa shape index (κ3) is 2.95. The number of ketones is 1. The number of Topliss-reactive ketones (excluding diaryl/α,β-unsaturated/α-hetero) is 1. The molecule has 0 aliphatic rings. The summed E-state index contributed by atoms with van der Waals surface area (Å²) < 4.78 is 28.3. The first kappa shape index (κ1) is 16.6. The molecular weight excluding hydrogens is 332 g/mol.